The van der Waals surface area contributed by atoms with E-state index in [4.69, 9.17) is 16.2 Å². The van der Waals surface area contributed by atoms with Gasteiger partial charge in [0.05, 0.1) is 11.4 Å². The number of nitrogens with one attached hydrogen (secondary N) is 2. The van der Waals surface area contributed by atoms with E-state index in [1.807, 2.05) is 74.8 Å². The van der Waals surface area contributed by atoms with E-state index in [-0.39, 0.29) is 0 Å². The Balaban J connectivity index is 2.15. The number of rotatable bonds is 6. The van der Waals surface area contributed by atoms with Gasteiger partial charge in [0.1, 0.15) is 0 Å². The van der Waals surface area contributed by atoms with E-state index in [1.165, 1.54) is 0 Å². The zero-order valence-corrected chi connectivity index (χ0v) is 13.3. The maximum absolute atomic E-state index is 6.04. The van der Waals surface area contributed by atoms with Crippen molar-refractivity contribution < 1.29 is 4.74 Å². The molecule has 0 atom stereocenters. The average molecular weight is 310 g/mol. The molecule has 0 aliphatic carbocycles. The van der Waals surface area contributed by atoms with E-state index >= 15 is 0 Å². The van der Waals surface area contributed by atoms with E-state index < -0.39 is 0 Å². The molecule has 2 aromatic rings. The van der Waals surface area contributed by atoms with Crippen molar-refractivity contribution in [2.24, 2.45) is 0 Å². The Morgan fingerprint density at radius 1 is 0.783 bits per heavy atom. The number of ether oxygens (including phenoxy) is 1. The number of hydrogen-bond acceptors (Lipinski definition) is 5. The van der Waals surface area contributed by atoms with Gasteiger partial charge >= 0.3 is 0 Å². The number of benzene rings is 2. The van der Waals surface area contributed by atoms with Crippen LogP contribution in [0.3, 0.4) is 0 Å². The molecule has 0 fully saturated rings. The smallest absolute Gasteiger partial charge is 0.150 e. The summed E-state index contributed by atoms with van der Waals surface area (Å²) < 4.78 is 5.82. The average Bonchev–Trinajstić information content (AvgIpc) is 2.55. The fraction of sp³-hybridized carbons (Fsp3) is 0.111. The highest BCUT2D eigenvalue weighted by atomic mass is 16.5. The first-order valence-electron chi connectivity index (χ1n) is 7.36. The van der Waals surface area contributed by atoms with Crippen molar-refractivity contribution in [2.75, 3.05) is 22.1 Å². The van der Waals surface area contributed by atoms with Gasteiger partial charge in [0.2, 0.25) is 0 Å². The fourth-order valence-electron chi connectivity index (χ4n) is 1.94. The molecule has 120 valence electrons. The first-order valence-corrected chi connectivity index (χ1v) is 7.36. The quantitative estimate of drug-likeness (QED) is 0.589. The molecular weight excluding hydrogens is 288 g/mol. The number of nitrogens with two attached hydrogens (primary N) is 2. The van der Waals surface area contributed by atoms with Gasteiger partial charge in [0.25, 0.3) is 0 Å². The lowest BCUT2D eigenvalue weighted by atomic mass is 10.2. The summed E-state index contributed by atoms with van der Waals surface area (Å²) in [7, 11) is 0. The lowest BCUT2D eigenvalue weighted by Gasteiger charge is -2.13. The molecular formula is C18H22N4O. The van der Waals surface area contributed by atoms with E-state index in [2.05, 4.69) is 10.6 Å². The highest BCUT2D eigenvalue weighted by Crippen LogP contribution is 2.34. The molecule has 0 amide bonds. The predicted molar refractivity (Wildman–Crippen MR) is 98.7 cm³/mol. The van der Waals surface area contributed by atoms with Gasteiger partial charge in [-0.1, -0.05) is 12.2 Å². The molecule has 0 aliphatic rings. The Morgan fingerprint density at radius 3 is 1.57 bits per heavy atom. The first kappa shape index (κ1) is 16.3. The summed E-state index contributed by atoms with van der Waals surface area (Å²) in [6.45, 7) is 3.87. The Labute approximate surface area is 136 Å². The van der Waals surface area contributed by atoms with Crippen LogP contribution < -0.4 is 26.8 Å². The summed E-state index contributed by atoms with van der Waals surface area (Å²) in [4.78, 5) is 0. The van der Waals surface area contributed by atoms with Gasteiger partial charge in [-0.05, 0) is 62.6 Å². The summed E-state index contributed by atoms with van der Waals surface area (Å²) in [5.74, 6) is 1.13. The van der Waals surface area contributed by atoms with E-state index in [1.54, 1.807) is 0 Å². The molecule has 0 bridgehead atoms. The molecule has 5 heteroatoms. The molecule has 0 radical (unpaired) electrons. The van der Waals surface area contributed by atoms with Crippen LogP contribution in [0.1, 0.15) is 13.8 Å². The van der Waals surface area contributed by atoms with Gasteiger partial charge in [0.15, 0.2) is 11.5 Å². The normalized spacial score (nSPS) is 11.0. The summed E-state index contributed by atoms with van der Waals surface area (Å²) in [6, 6.07) is 11.0. The molecule has 5 nitrogen and oxygen atoms in total. The van der Waals surface area contributed by atoms with Gasteiger partial charge in [0, 0.05) is 11.4 Å². The molecule has 6 N–H and O–H groups in total. The van der Waals surface area contributed by atoms with Crippen LogP contribution in [0.25, 0.3) is 0 Å². The van der Waals surface area contributed by atoms with Gasteiger partial charge in [-0.3, -0.25) is 0 Å². The summed E-state index contributed by atoms with van der Waals surface area (Å²) in [6.07, 6.45) is 7.49. The van der Waals surface area contributed by atoms with Crippen molar-refractivity contribution in [3.63, 3.8) is 0 Å². The van der Waals surface area contributed by atoms with E-state index in [0.717, 1.165) is 11.4 Å². The largest absolute Gasteiger partial charge is 0.453 e. The van der Waals surface area contributed by atoms with Crippen molar-refractivity contribution in [3.05, 3.63) is 61.0 Å². The van der Waals surface area contributed by atoms with Crippen molar-refractivity contribution >= 4 is 22.7 Å². The third kappa shape index (κ3) is 4.44. The molecule has 0 aromatic heterocycles. The van der Waals surface area contributed by atoms with Gasteiger partial charge in [-0.15, -0.1) is 0 Å². The van der Waals surface area contributed by atoms with Crippen molar-refractivity contribution in [1.29, 1.82) is 0 Å². The van der Waals surface area contributed by atoms with Crippen LogP contribution in [0.2, 0.25) is 0 Å². The first-order chi connectivity index (χ1) is 11.1. The minimum atomic E-state index is 0.537. The summed E-state index contributed by atoms with van der Waals surface area (Å²) in [5.41, 5.74) is 14.9. The third-order valence-electron chi connectivity index (χ3n) is 3.07. The second-order valence-corrected chi connectivity index (χ2v) is 4.90. The van der Waals surface area contributed by atoms with Crippen LogP contribution in [-0.4, -0.2) is 0 Å². The standard InChI is InChI=1S/C18H22N4O/c1-3-9-21-13-5-7-17(15(19)11-13)23-18-8-6-14(12-16(18)20)22-10-4-2/h3-12,21-22H,19-20H2,1-2H3. The van der Waals surface area contributed by atoms with E-state index in [9.17, 15) is 0 Å². The van der Waals surface area contributed by atoms with Crippen molar-refractivity contribution in [2.45, 2.75) is 13.8 Å². The minimum Gasteiger partial charge on any atom is -0.453 e. The monoisotopic (exact) mass is 310 g/mol. The number of allylic oxidation sites excluding steroid dienone is 2. The van der Waals surface area contributed by atoms with Crippen molar-refractivity contribution in [3.8, 4) is 11.5 Å². The predicted octanol–water partition coefficient (Wildman–Crippen LogP) is 4.53. The molecule has 23 heavy (non-hydrogen) atoms. The number of nitrogen functional groups attached to an aromatic ring is 2. The van der Waals surface area contributed by atoms with Gasteiger partial charge in [-0.25, -0.2) is 0 Å². The molecule has 0 heterocycles. The van der Waals surface area contributed by atoms with E-state index in [0.29, 0.717) is 22.9 Å². The Bertz CT molecular complexity index is 661. The van der Waals surface area contributed by atoms with Crippen LogP contribution in [0.4, 0.5) is 22.7 Å². The molecule has 0 aliphatic heterocycles. The Kier molecular flexibility index (Phi) is 5.52. The molecule has 2 aromatic carbocycles. The second-order valence-electron chi connectivity index (χ2n) is 4.90. The van der Waals surface area contributed by atoms with Crippen molar-refractivity contribution in [1.82, 2.24) is 0 Å². The van der Waals surface area contributed by atoms with Crippen LogP contribution in [-0.2, 0) is 0 Å². The molecule has 0 saturated carbocycles. The lowest BCUT2D eigenvalue weighted by molar-refractivity contribution is 0.487. The summed E-state index contributed by atoms with van der Waals surface area (Å²) in [5, 5.41) is 6.22. The highest BCUT2D eigenvalue weighted by molar-refractivity contribution is 5.67. The topological polar surface area (TPSA) is 85.3 Å². The highest BCUT2D eigenvalue weighted by Gasteiger charge is 2.07. The molecule has 0 unspecified atom stereocenters. The zero-order chi connectivity index (χ0) is 16.7. The van der Waals surface area contributed by atoms with Crippen LogP contribution in [0, 0.1) is 0 Å². The fourth-order valence-corrected chi connectivity index (χ4v) is 1.94. The Hall–Kier alpha value is -3.08. The van der Waals surface area contributed by atoms with Crippen LogP contribution in [0.5, 0.6) is 11.5 Å². The Morgan fingerprint density at radius 2 is 1.22 bits per heavy atom. The summed E-state index contributed by atoms with van der Waals surface area (Å²) >= 11 is 0. The minimum absolute atomic E-state index is 0.537. The molecule has 0 saturated heterocycles. The second kappa shape index (κ2) is 7.79. The van der Waals surface area contributed by atoms with Crippen LogP contribution >= 0.6 is 0 Å². The maximum Gasteiger partial charge on any atom is 0.150 e. The van der Waals surface area contributed by atoms with Gasteiger partial charge < -0.3 is 26.8 Å². The maximum atomic E-state index is 6.04. The molecule has 2 rings (SSSR count). The zero-order valence-electron chi connectivity index (χ0n) is 13.3. The SMILES string of the molecule is CC=CNc1ccc(Oc2ccc(NC=CC)cc2N)c(N)c1. The number of hydrogen-bond donors (Lipinski definition) is 4. The molecule has 0 spiro atoms. The third-order valence-corrected chi connectivity index (χ3v) is 3.07. The lowest BCUT2D eigenvalue weighted by Crippen LogP contribution is -1.98. The number of anilines is 4. The van der Waals surface area contributed by atoms with Gasteiger partial charge in [-0.2, -0.15) is 0 Å². The van der Waals surface area contributed by atoms with Crippen LogP contribution in [0.15, 0.2) is 61.0 Å².